The topological polar surface area (TPSA) is 59.6 Å². The van der Waals surface area contributed by atoms with Crippen LogP contribution in [0.5, 0.6) is 11.5 Å². The van der Waals surface area contributed by atoms with Crippen LogP contribution in [0.1, 0.15) is 18.4 Å². The van der Waals surface area contributed by atoms with Gasteiger partial charge in [0.25, 0.3) is 0 Å². The van der Waals surface area contributed by atoms with E-state index in [0.717, 1.165) is 22.7 Å². The summed E-state index contributed by atoms with van der Waals surface area (Å²) in [5, 5.41) is 6.57. The standard InChI is InChI=1S/C24H23ClN2O3S/c25-19-8-12-21(13-9-19)29-16-4-7-23(28)27-24(31)26-20-10-14-22(15-11-20)30-17-18-5-2-1-3-6-18/h1-3,5-6,8-15H,4,7,16-17H2,(H2,26,27,28,31). The lowest BCUT2D eigenvalue weighted by molar-refractivity contribution is -0.119. The number of hydrogen-bond donors (Lipinski definition) is 2. The van der Waals surface area contributed by atoms with Gasteiger partial charge in [0.1, 0.15) is 18.1 Å². The van der Waals surface area contributed by atoms with E-state index in [-0.39, 0.29) is 11.0 Å². The molecule has 0 saturated carbocycles. The summed E-state index contributed by atoms with van der Waals surface area (Å²) in [4.78, 5) is 12.0. The molecule has 0 heterocycles. The first-order valence-electron chi connectivity index (χ1n) is 9.84. The predicted octanol–water partition coefficient (Wildman–Crippen LogP) is 5.59. The number of anilines is 1. The quantitative estimate of drug-likeness (QED) is 0.326. The lowest BCUT2D eigenvalue weighted by Gasteiger charge is -2.11. The second kappa shape index (κ2) is 11.9. The SMILES string of the molecule is O=C(CCCOc1ccc(Cl)cc1)NC(=S)Nc1ccc(OCc2ccccc2)cc1. The minimum absolute atomic E-state index is 0.167. The average Bonchev–Trinajstić information content (AvgIpc) is 2.78. The largest absolute Gasteiger partial charge is 0.494 e. The third kappa shape index (κ3) is 8.28. The maximum atomic E-state index is 12.0. The van der Waals surface area contributed by atoms with Crippen molar-refractivity contribution < 1.29 is 14.3 Å². The van der Waals surface area contributed by atoms with Crippen LogP contribution >= 0.6 is 23.8 Å². The van der Waals surface area contributed by atoms with Crippen LogP contribution in [0.3, 0.4) is 0 Å². The Morgan fingerprint density at radius 2 is 1.52 bits per heavy atom. The van der Waals surface area contributed by atoms with Gasteiger partial charge in [0.2, 0.25) is 5.91 Å². The van der Waals surface area contributed by atoms with Crippen LogP contribution in [0, 0.1) is 0 Å². The summed E-state index contributed by atoms with van der Waals surface area (Å²) >= 11 is 11.0. The number of rotatable bonds is 9. The second-order valence-electron chi connectivity index (χ2n) is 6.71. The molecule has 0 aromatic heterocycles. The third-order valence-electron chi connectivity index (χ3n) is 4.24. The number of hydrogen-bond acceptors (Lipinski definition) is 4. The van der Waals surface area contributed by atoms with Crippen LogP contribution in [0.2, 0.25) is 5.02 Å². The Hall–Kier alpha value is -3.09. The minimum atomic E-state index is -0.167. The first-order chi connectivity index (χ1) is 15.1. The van der Waals surface area contributed by atoms with E-state index in [1.165, 1.54) is 0 Å². The van der Waals surface area contributed by atoms with E-state index in [1.54, 1.807) is 24.3 Å². The van der Waals surface area contributed by atoms with E-state index < -0.39 is 0 Å². The van der Waals surface area contributed by atoms with Gasteiger partial charge >= 0.3 is 0 Å². The van der Waals surface area contributed by atoms with Crippen LogP contribution in [0.25, 0.3) is 0 Å². The molecule has 3 aromatic rings. The van der Waals surface area contributed by atoms with Crippen molar-refractivity contribution in [3.63, 3.8) is 0 Å². The van der Waals surface area contributed by atoms with Crippen molar-refractivity contribution >= 4 is 40.5 Å². The minimum Gasteiger partial charge on any atom is -0.494 e. The van der Waals surface area contributed by atoms with E-state index in [4.69, 9.17) is 33.3 Å². The Morgan fingerprint density at radius 1 is 0.871 bits per heavy atom. The van der Waals surface area contributed by atoms with Crippen molar-refractivity contribution in [2.45, 2.75) is 19.4 Å². The third-order valence-corrected chi connectivity index (χ3v) is 4.70. The van der Waals surface area contributed by atoms with Gasteiger partial charge in [-0.15, -0.1) is 0 Å². The highest BCUT2D eigenvalue weighted by Crippen LogP contribution is 2.17. The maximum absolute atomic E-state index is 12.0. The summed E-state index contributed by atoms with van der Waals surface area (Å²) in [5.74, 6) is 1.31. The molecule has 0 bridgehead atoms. The van der Waals surface area contributed by atoms with Crippen molar-refractivity contribution in [2.75, 3.05) is 11.9 Å². The van der Waals surface area contributed by atoms with Crippen LogP contribution in [0.15, 0.2) is 78.9 Å². The van der Waals surface area contributed by atoms with Crippen LogP contribution in [-0.2, 0) is 11.4 Å². The van der Waals surface area contributed by atoms with E-state index in [1.807, 2.05) is 54.6 Å². The lowest BCUT2D eigenvalue weighted by Crippen LogP contribution is -2.34. The number of halogens is 1. The predicted molar refractivity (Wildman–Crippen MR) is 128 cm³/mol. The summed E-state index contributed by atoms with van der Waals surface area (Å²) in [6.07, 6.45) is 0.881. The van der Waals surface area contributed by atoms with Gasteiger partial charge in [-0.3, -0.25) is 4.79 Å². The van der Waals surface area contributed by atoms with Gasteiger partial charge in [-0.05, 0) is 72.7 Å². The molecule has 0 aliphatic rings. The first kappa shape index (κ1) is 22.6. The van der Waals surface area contributed by atoms with E-state index in [2.05, 4.69) is 10.6 Å². The number of benzene rings is 3. The van der Waals surface area contributed by atoms with Crippen molar-refractivity contribution in [3.8, 4) is 11.5 Å². The fraction of sp³-hybridized carbons (Fsp3) is 0.167. The maximum Gasteiger partial charge on any atom is 0.226 e. The molecule has 0 spiro atoms. The summed E-state index contributed by atoms with van der Waals surface area (Å²) in [7, 11) is 0. The molecule has 3 rings (SSSR count). The van der Waals surface area contributed by atoms with Crippen LogP contribution in [0.4, 0.5) is 5.69 Å². The average molecular weight is 455 g/mol. The summed E-state index contributed by atoms with van der Waals surface area (Å²) in [6.45, 7) is 0.934. The number of ether oxygens (including phenoxy) is 2. The summed E-state index contributed by atoms with van der Waals surface area (Å²) < 4.78 is 11.3. The zero-order valence-electron chi connectivity index (χ0n) is 16.8. The monoisotopic (exact) mass is 454 g/mol. The molecule has 1 amide bonds. The molecule has 0 atom stereocenters. The van der Waals surface area contributed by atoms with Crippen LogP contribution < -0.4 is 20.1 Å². The fourth-order valence-corrected chi connectivity index (χ4v) is 3.04. The zero-order chi connectivity index (χ0) is 21.9. The van der Waals surface area contributed by atoms with Gasteiger partial charge in [-0.2, -0.15) is 0 Å². The summed E-state index contributed by atoms with van der Waals surface area (Å²) in [6, 6.07) is 24.5. The number of thiocarbonyl (C=S) groups is 1. The molecule has 0 aliphatic carbocycles. The molecule has 31 heavy (non-hydrogen) atoms. The van der Waals surface area contributed by atoms with Gasteiger partial charge in [0.05, 0.1) is 6.61 Å². The van der Waals surface area contributed by atoms with Gasteiger partial charge in [0, 0.05) is 17.1 Å². The molecule has 0 radical (unpaired) electrons. The Kier molecular flexibility index (Phi) is 8.70. The van der Waals surface area contributed by atoms with Gasteiger partial charge in [0.15, 0.2) is 5.11 Å². The highest BCUT2D eigenvalue weighted by Gasteiger charge is 2.06. The van der Waals surface area contributed by atoms with E-state index in [0.29, 0.717) is 31.1 Å². The van der Waals surface area contributed by atoms with Gasteiger partial charge in [-0.25, -0.2) is 0 Å². The van der Waals surface area contributed by atoms with Gasteiger partial charge < -0.3 is 20.1 Å². The molecule has 2 N–H and O–H groups in total. The molecule has 160 valence electrons. The summed E-state index contributed by atoms with van der Waals surface area (Å²) in [5.41, 5.74) is 1.87. The Labute approximate surface area is 192 Å². The molecule has 7 heteroatoms. The first-order valence-corrected chi connectivity index (χ1v) is 10.6. The van der Waals surface area contributed by atoms with Crippen molar-refractivity contribution in [3.05, 3.63) is 89.4 Å². The molecular formula is C24H23ClN2O3S. The normalized spacial score (nSPS) is 10.2. The second-order valence-corrected chi connectivity index (χ2v) is 7.55. The van der Waals surface area contributed by atoms with E-state index >= 15 is 0 Å². The molecule has 0 unspecified atom stereocenters. The molecule has 0 saturated heterocycles. The zero-order valence-corrected chi connectivity index (χ0v) is 18.4. The number of carbonyl (C=O) groups excluding carboxylic acids is 1. The molecule has 3 aromatic carbocycles. The van der Waals surface area contributed by atoms with Crippen molar-refractivity contribution in [2.24, 2.45) is 0 Å². The molecule has 5 nitrogen and oxygen atoms in total. The molecule has 0 aliphatic heterocycles. The number of nitrogens with one attached hydrogen (secondary N) is 2. The van der Waals surface area contributed by atoms with E-state index in [9.17, 15) is 4.79 Å². The Morgan fingerprint density at radius 3 is 2.23 bits per heavy atom. The molecular weight excluding hydrogens is 432 g/mol. The Balaban J connectivity index is 1.33. The smallest absolute Gasteiger partial charge is 0.226 e. The molecule has 0 fully saturated rings. The van der Waals surface area contributed by atoms with Crippen LogP contribution in [-0.4, -0.2) is 17.6 Å². The number of amides is 1. The fourth-order valence-electron chi connectivity index (χ4n) is 2.68. The highest BCUT2D eigenvalue weighted by atomic mass is 35.5. The Bertz CT molecular complexity index is 980. The van der Waals surface area contributed by atoms with Crippen molar-refractivity contribution in [1.82, 2.24) is 5.32 Å². The number of carbonyl (C=O) groups is 1. The van der Waals surface area contributed by atoms with Gasteiger partial charge in [-0.1, -0.05) is 41.9 Å². The van der Waals surface area contributed by atoms with Crippen molar-refractivity contribution in [1.29, 1.82) is 0 Å². The highest BCUT2D eigenvalue weighted by molar-refractivity contribution is 7.80. The lowest BCUT2D eigenvalue weighted by atomic mass is 10.2.